The number of nitrogen functional groups attached to an aromatic ring is 1. The predicted octanol–water partition coefficient (Wildman–Crippen LogP) is 17.8. The molecule has 13 aromatic rings. The Hall–Kier alpha value is -12.0. The van der Waals surface area contributed by atoms with E-state index >= 15 is 0 Å². The van der Waals surface area contributed by atoms with Crippen molar-refractivity contribution in [3.63, 3.8) is 0 Å². The smallest absolute Gasteiger partial charge is 0.339 e. The van der Waals surface area contributed by atoms with E-state index in [0.29, 0.717) is 78.8 Å². The van der Waals surface area contributed by atoms with Crippen LogP contribution in [0.1, 0.15) is 88.2 Å². The number of terminal acetylenes is 1. The molecule has 5 aromatic heterocycles. The molecule has 0 bridgehead atoms. The van der Waals surface area contributed by atoms with Crippen LogP contribution in [0.5, 0.6) is 28.7 Å². The van der Waals surface area contributed by atoms with Crippen LogP contribution in [-0.4, -0.2) is 70.6 Å². The van der Waals surface area contributed by atoms with Gasteiger partial charge in [-0.25, -0.2) is 34.8 Å². The minimum absolute atomic E-state index is 0. The Morgan fingerprint density at radius 1 is 0.425 bits per heavy atom. The topological polar surface area (TPSA) is 305 Å². The first kappa shape index (κ1) is 98.8. The number of fused-ring (bicyclic) bond motifs is 3. The molecule has 16 rings (SSSR count). The van der Waals surface area contributed by atoms with Crippen molar-refractivity contribution in [2.75, 3.05) is 31.8 Å². The van der Waals surface area contributed by atoms with E-state index in [9.17, 15) is 83.5 Å². The maximum atomic E-state index is 14.0. The monoisotopic (exact) mass is 1930 g/mol. The molecule has 3 fully saturated rings. The molecular weight excluding hydrogens is 1860 g/mol. The molecular formula is C87H77BrF10N7O16P3S3. The number of pyridine rings is 3. The molecule has 0 spiro atoms. The lowest BCUT2D eigenvalue weighted by molar-refractivity contribution is 0.346. The Morgan fingerprint density at radius 2 is 0.764 bits per heavy atom. The second-order valence-electron chi connectivity index (χ2n) is 27.7. The van der Waals surface area contributed by atoms with Gasteiger partial charge >= 0.3 is 20.2 Å². The van der Waals surface area contributed by atoms with Crippen LogP contribution in [0.3, 0.4) is 0 Å². The lowest BCUT2D eigenvalue weighted by Gasteiger charge is -2.15. The second kappa shape index (κ2) is 43.0. The van der Waals surface area contributed by atoms with E-state index < -0.39 is 121 Å². The summed E-state index contributed by atoms with van der Waals surface area (Å²) in [4.78, 5) is 37.2. The largest absolute Gasteiger partial charge is 0.495 e. The number of methoxy groups -OCH3 is 3. The van der Waals surface area contributed by atoms with Crippen LogP contribution in [0.4, 0.5) is 55.5 Å². The molecule has 3 aliphatic rings. The minimum atomic E-state index is -5.08. The molecule has 8 aromatic carbocycles. The number of ether oxygens (including phenoxy) is 3. The van der Waals surface area contributed by atoms with E-state index in [4.69, 9.17) is 26.4 Å². The minimum Gasteiger partial charge on any atom is -0.495 e. The van der Waals surface area contributed by atoms with Gasteiger partial charge in [0.1, 0.15) is 39.6 Å². The second-order valence-corrected chi connectivity index (χ2v) is 33.4. The number of rotatable bonds is 15. The molecule has 40 heteroatoms. The van der Waals surface area contributed by atoms with E-state index in [2.05, 4.69) is 78.0 Å². The van der Waals surface area contributed by atoms with Gasteiger partial charge in [-0.3, -0.25) is 32.8 Å². The molecule has 0 saturated heterocycles. The standard InChI is InChI=1S/C29H20F5NO5S.C26H23N3O5S.C22H11BrF5NO5S.C7H10.C3H4N2O.3H3P/c1-39-22-14-17(7-6-16-4-2-3-5-16)8-11-21(22)35-20-12-10-19(15-18(20)9-13-23(35)36)41(37,38)40-29-27(33)25(31)24(30)26(32)28(29)34;1-33-24-16-19(7-6-18-4-2-3-5-18)8-11-23(24)29-22-12-10-21(17-20(22)9-13-26(29)30)35(31,32)28-25-14-15-34-27-25;1-33-15-9-11(23)3-5-14(15)29-13-6-4-12(8-10(13)2-7-16(29)30)35(31,32)34-22-20(27)18(25)17(24)19(26)21(22)28;1-2-7-5-3-4-6-7;4-3-1-2-6-5-3;;;/h8-16H,2-5H2,1H3;8-18H,2-5H2,1H3,(H,27,28);2-9H,1H3;1,7H,3-6H2;1-2H,(H2,4,5);3*1H3. The maximum absolute atomic E-state index is 14.0. The van der Waals surface area contributed by atoms with Crippen molar-refractivity contribution in [3.05, 3.63) is 275 Å². The molecule has 0 radical (unpaired) electrons. The number of sulfonamides is 1. The number of nitrogens with one attached hydrogen (secondary N) is 1. The summed E-state index contributed by atoms with van der Waals surface area (Å²) in [6, 6.07) is 37.2. The number of hydrogen-bond donors (Lipinski definition) is 2. The average Bonchev–Trinajstić information content (AvgIpc) is 1.65. The number of nitrogens with zero attached hydrogens (tertiary/aromatic N) is 5. The van der Waals surface area contributed by atoms with Crippen molar-refractivity contribution in [3.8, 4) is 81.8 Å². The van der Waals surface area contributed by atoms with Crippen molar-refractivity contribution >= 4 is 120 Å². The fourth-order valence-electron chi connectivity index (χ4n) is 13.5. The summed E-state index contributed by atoms with van der Waals surface area (Å²) in [5, 5.41) is 7.83. The van der Waals surface area contributed by atoms with Crippen LogP contribution >= 0.6 is 45.6 Å². The number of anilines is 2. The fourth-order valence-corrected chi connectivity index (χ4v) is 16.8. The summed E-state index contributed by atoms with van der Waals surface area (Å²) in [6.45, 7) is 0. The Morgan fingerprint density at radius 3 is 1.09 bits per heavy atom. The Labute approximate surface area is 738 Å². The average molecular weight is 1940 g/mol. The van der Waals surface area contributed by atoms with Crippen molar-refractivity contribution in [2.24, 2.45) is 17.8 Å². The zero-order valence-electron chi connectivity index (χ0n) is 67.3. The number of nitrogens with two attached hydrogens (primary N) is 1. The van der Waals surface area contributed by atoms with Crippen LogP contribution < -0.4 is 49.7 Å². The fraction of sp³-hybridized carbons (Fsp3) is 0.207. The van der Waals surface area contributed by atoms with Crippen LogP contribution in [0.25, 0.3) is 49.8 Å². The first-order valence-electron chi connectivity index (χ1n) is 37.4. The molecule has 3 saturated carbocycles. The van der Waals surface area contributed by atoms with E-state index in [1.807, 2.05) is 12.1 Å². The van der Waals surface area contributed by atoms with Gasteiger partial charge in [0, 0.05) is 79.8 Å². The molecule has 0 amide bonds. The maximum Gasteiger partial charge on any atom is 0.339 e. The highest BCUT2D eigenvalue weighted by Crippen LogP contribution is 2.38. The van der Waals surface area contributed by atoms with Gasteiger partial charge in [0.15, 0.2) is 11.6 Å². The zero-order chi connectivity index (χ0) is 89.1. The SMILES string of the molecule is C#CC1CCCC1.COc1cc(Br)ccc1-n1c(=O)ccc2cc(S(=O)(=O)Oc3c(F)c(F)c(F)c(F)c3F)ccc21.COc1cc(C#CC2CCCC2)ccc1-n1c(=O)ccc2cc(S(=O)(=O)Nc3ccon3)ccc21.COc1cc(C#CC2CCCC2)ccc1-n1c(=O)ccc2cc(S(=O)(=O)Oc3c(F)c(F)c(F)c(F)c3F)ccc21.Nc1ccon1.P.P.P. The van der Waals surface area contributed by atoms with E-state index in [1.165, 1.54) is 128 Å². The normalized spacial score (nSPS) is 13.1. The van der Waals surface area contributed by atoms with Gasteiger partial charge in [0.2, 0.25) is 69.7 Å². The summed E-state index contributed by atoms with van der Waals surface area (Å²) in [5.41, 5.74) is 7.57. The summed E-state index contributed by atoms with van der Waals surface area (Å²) in [6.07, 6.45) is 22.3. The first-order valence-corrected chi connectivity index (χ1v) is 42.5. The number of aromatic nitrogens is 5. The van der Waals surface area contributed by atoms with Gasteiger partial charge in [0.25, 0.3) is 26.7 Å². The van der Waals surface area contributed by atoms with Gasteiger partial charge in [-0.05, 0) is 166 Å². The predicted molar refractivity (Wildman–Crippen MR) is 474 cm³/mol. The van der Waals surface area contributed by atoms with Gasteiger partial charge in [-0.2, -0.15) is 64.1 Å². The molecule has 3 atom stereocenters. The van der Waals surface area contributed by atoms with Gasteiger partial charge < -0.3 is 37.4 Å². The van der Waals surface area contributed by atoms with Crippen LogP contribution in [0.15, 0.2) is 213 Å². The summed E-state index contributed by atoms with van der Waals surface area (Å²) in [5.74, 6) is -9.29. The summed E-state index contributed by atoms with van der Waals surface area (Å²) < 4.78 is 254. The van der Waals surface area contributed by atoms with Crippen LogP contribution in [-0.2, 0) is 30.3 Å². The molecule has 23 nitrogen and oxygen atoms in total. The molecule has 5 heterocycles. The molecule has 3 unspecified atom stereocenters. The quantitative estimate of drug-likeness (QED) is 0.0241. The summed E-state index contributed by atoms with van der Waals surface area (Å²) >= 11 is 3.29. The Bertz CT molecular complexity index is 6960. The van der Waals surface area contributed by atoms with Gasteiger partial charge in [-0.1, -0.05) is 88.4 Å². The van der Waals surface area contributed by atoms with Crippen molar-refractivity contribution < 1.29 is 101 Å². The van der Waals surface area contributed by atoms with Crippen molar-refractivity contribution in [1.82, 2.24) is 24.0 Å². The number of halogens is 11. The van der Waals surface area contributed by atoms with Crippen molar-refractivity contribution in [2.45, 2.75) is 91.7 Å². The highest BCUT2D eigenvalue weighted by atomic mass is 79.9. The first-order chi connectivity index (χ1) is 59.2. The third-order valence-corrected chi connectivity index (χ3v) is 24.0. The van der Waals surface area contributed by atoms with Crippen molar-refractivity contribution in [1.29, 1.82) is 0 Å². The third kappa shape index (κ3) is 22.7. The Balaban J connectivity index is 0.000000198. The highest BCUT2D eigenvalue weighted by molar-refractivity contribution is 9.10. The van der Waals surface area contributed by atoms with Gasteiger partial charge in [-0.15, -0.1) is 12.3 Å². The molecule has 3 aliphatic carbocycles. The van der Waals surface area contributed by atoms with E-state index in [1.54, 1.807) is 67.8 Å². The molecule has 3 N–H and O–H groups in total. The Kier molecular flexibility index (Phi) is 33.5. The van der Waals surface area contributed by atoms with Crippen LogP contribution in [0, 0.1) is 112 Å². The van der Waals surface area contributed by atoms with Gasteiger partial charge in [0.05, 0.1) is 59.8 Å². The zero-order valence-corrected chi connectivity index (χ0v) is 75.6. The molecule has 127 heavy (non-hydrogen) atoms. The lowest BCUT2D eigenvalue weighted by Crippen LogP contribution is -2.19. The van der Waals surface area contributed by atoms with Crippen LogP contribution in [0.2, 0.25) is 0 Å². The summed E-state index contributed by atoms with van der Waals surface area (Å²) in [7, 11) is -9.67. The molecule has 0 aliphatic heterocycles. The lowest BCUT2D eigenvalue weighted by atomic mass is 10.1. The van der Waals surface area contributed by atoms with E-state index in [-0.39, 0.29) is 67.8 Å². The number of hydrogen-bond acceptors (Lipinski definition) is 19. The highest BCUT2D eigenvalue weighted by Gasteiger charge is 2.34. The number of benzene rings is 8. The third-order valence-electron chi connectivity index (χ3n) is 19.7. The van der Waals surface area contributed by atoms with E-state index in [0.717, 1.165) is 80.5 Å². The molecule has 666 valence electrons.